The fourth-order valence-electron chi connectivity index (χ4n) is 2.01. The van der Waals surface area contributed by atoms with Crippen molar-refractivity contribution >= 4 is 29.2 Å². The highest BCUT2D eigenvalue weighted by atomic mass is 35.5. The van der Waals surface area contributed by atoms with Crippen molar-refractivity contribution in [2.75, 3.05) is 5.32 Å². The Morgan fingerprint density at radius 2 is 2.05 bits per heavy atom. The summed E-state index contributed by atoms with van der Waals surface area (Å²) in [5.74, 6) is -1.40. The van der Waals surface area contributed by atoms with Crippen LogP contribution in [0.15, 0.2) is 18.2 Å². The number of carboxylic acids is 1. The second kappa shape index (κ2) is 5.59. The number of carbonyl (C=O) groups excluding carboxylic acids is 1. The Hall–Kier alpha value is -1.59. The molecule has 0 saturated carbocycles. The summed E-state index contributed by atoms with van der Waals surface area (Å²) < 4.78 is 5.18. The van der Waals surface area contributed by atoms with Crippen molar-refractivity contribution in [1.82, 2.24) is 0 Å². The van der Waals surface area contributed by atoms with E-state index in [9.17, 15) is 9.59 Å². The van der Waals surface area contributed by atoms with Crippen molar-refractivity contribution in [2.24, 2.45) is 0 Å². The number of rotatable bonds is 3. The van der Waals surface area contributed by atoms with Gasteiger partial charge >= 0.3 is 5.97 Å². The normalized spacial score (nSPS) is 22.2. The third kappa shape index (κ3) is 3.05. The monoisotopic (exact) mass is 283 g/mol. The topological polar surface area (TPSA) is 75.6 Å². The lowest BCUT2D eigenvalue weighted by Gasteiger charge is -2.14. The molecule has 1 fully saturated rings. The van der Waals surface area contributed by atoms with Crippen LogP contribution in [0.1, 0.15) is 18.4 Å². The number of carbonyl (C=O) groups is 2. The zero-order valence-electron chi connectivity index (χ0n) is 10.4. The first-order chi connectivity index (χ1) is 8.99. The third-order valence-corrected chi connectivity index (χ3v) is 3.37. The van der Waals surface area contributed by atoms with E-state index in [0.717, 1.165) is 5.56 Å². The van der Waals surface area contributed by atoms with Gasteiger partial charge in [0.1, 0.15) is 6.10 Å². The molecule has 0 aliphatic carbocycles. The summed E-state index contributed by atoms with van der Waals surface area (Å²) in [6, 6.07) is 5.30. The zero-order valence-corrected chi connectivity index (χ0v) is 11.1. The van der Waals surface area contributed by atoms with Crippen molar-refractivity contribution in [1.29, 1.82) is 0 Å². The standard InChI is InChI=1S/C13H14ClNO4/c1-7-3-2-4-8(14)11(7)15-12(16)9-5-6-10(19-9)13(17)18/h2-4,9-10H,5-6H2,1H3,(H,15,16)(H,17,18). The van der Waals surface area contributed by atoms with Gasteiger partial charge in [-0.15, -0.1) is 0 Å². The molecule has 0 radical (unpaired) electrons. The van der Waals surface area contributed by atoms with Crippen molar-refractivity contribution in [3.05, 3.63) is 28.8 Å². The average molecular weight is 284 g/mol. The molecule has 102 valence electrons. The molecule has 6 heteroatoms. The van der Waals surface area contributed by atoms with E-state index in [2.05, 4.69) is 5.32 Å². The van der Waals surface area contributed by atoms with E-state index < -0.39 is 18.2 Å². The molecule has 0 bridgehead atoms. The van der Waals surface area contributed by atoms with Crippen LogP contribution in [0.3, 0.4) is 0 Å². The van der Waals surface area contributed by atoms with E-state index in [4.69, 9.17) is 21.4 Å². The van der Waals surface area contributed by atoms with Gasteiger partial charge in [-0.1, -0.05) is 23.7 Å². The van der Waals surface area contributed by atoms with Crippen molar-refractivity contribution in [3.8, 4) is 0 Å². The first kappa shape index (κ1) is 13.8. The van der Waals surface area contributed by atoms with Gasteiger partial charge in [0.05, 0.1) is 10.7 Å². The third-order valence-electron chi connectivity index (χ3n) is 3.06. The predicted molar refractivity (Wildman–Crippen MR) is 70.3 cm³/mol. The van der Waals surface area contributed by atoms with E-state index in [0.29, 0.717) is 23.6 Å². The van der Waals surface area contributed by atoms with Crippen LogP contribution in [0.5, 0.6) is 0 Å². The lowest BCUT2D eigenvalue weighted by molar-refractivity contribution is -0.150. The number of aryl methyl sites for hydroxylation is 1. The molecule has 1 aliphatic rings. The molecule has 1 aromatic rings. The van der Waals surface area contributed by atoms with Gasteiger partial charge in [-0.3, -0.25) is 4.79 Å². The number of ether oxygens (including phenoxy) is 1. The minimum Gasteiger partial charge on any atom is -0.479 e. The van der Waals surface area contributed by atoms with Gasteiger partial charge in [-0.25, -0.2) is 4.79 Å². The molecule has 19 heavy (non-hydrogen) atoms. The summed E-state index contributed by atoms with van der Waals surface area (Å²) in [4.78, 5) is 22.8. The Balaban J connectivity index is 2.04. The number of hydrogen-bond acceptors (Lipinski definition) is 3. The lowest BCUT2D eigenvalue weighted by atomic mass is 10.1. The zero-order chi connectivity index (χ0) is 14.0. The van der Waals surface area contributed by atoms with Crippen molar-refractivity contribution < 1.29 is 19.4 Å². The second-order valence-corrected chi connectivity index (χ2v) is 4.86. The summed E-state index contributed by atoms with van der Waals surface area (Å²) >= 11 is 6.01. The van der Waals surface area contributed by atoms with Crippen molar-refractivity contribution in [2.45, 2.75) is 32.0 Å². The largest absolute Gasteiger partial charge is 0.479 e. The Kier molecular flexibility index (Phi) is 4.07. The number of para-hydroxylation sites is 1. The Morgan fingerprint density at radius 1 is 1.37 bits per heavy atom. The van der Waals surface area contributed by atoms with Gasteiger partial charge < -0.3 is 15.2 Å². The van der Waals surface area contributed by atoms with Gasteiger partial charge in [0.15, 0.2) is 6.10 Å². The molecular weight excluding hydrogens is 270 g/mol. The molecule has 2 atom stereocenters. The maximum Gasteiger partial charge on any atom is 0.332 e. The summed E-state index contributed by atoms with van der Waals surface area (Å²) in [6.45, 7) is 1.83. The molecule has 1 heterocycles. The summed E-state index contributed by atoms with van der Waals surface area (Å²) in [5.41, 5.74) is 1.38. The molecule has 1 amide bonds. The summed E-state index contributed by atoms with van der Waals surface area (Å²) in [5, 5.41) is 11.9. The second-order valence-electron chi connectivity index (χ2n) is 4.45. The Bertz CT molecular complexity index is 497. The molecule has 0 spiro atoms. The van der Waals surface area contributed by atoms with Gasteiger partial charge in [-0.05, 0) is 31.4 Å². The number of nitrogens with one attached hydrogen (secondary N) is 1. The van der Waals surface area contributed by atoms with Crippen LogP contribution >= 0.6 is 11.6 Å². The number of carboxylic acid groups (broad SMARTS) is 1. The molecule has 0 aromatic heterocycles. The molecule has 2 unspecified atom stereocenters. The SMILES string of the molecule is Cc1cccc(Cl)c1NC(=O)C1CCC(C(=O)O)O1. The quantitative estimate of drug-likeness (QED) is 0.892. The molecule has 2 rings (SSSR count). The predicted octanol–water partition coefficient (Wildman–Crippen LogP) is 2.22. The summed E-state index contributed by atoms with van der Waals surface area (Å²) in [6.07, 6.45) is -0.902. The fourth-order valence-corrected chi connectivity index (χ4v) is 2.27. The van der Waals surface area contributed by atoms with Crippen LogP contribution in [-0.4, -0.2) is 29.2 Å². The molecule has 5 nitrogen and oxygen atoms in total. The van der Waals surface area contributed by atoms with E-state index in [1.165, 1.54) is 0 Å². The van der Waals surface area contributed by atoms with Crippen molar-refractivity contribution in [3.63, 3.8) is 0 Å². The maximum absolute atomic E-state index is 12.0. The smallest absolute Gasteiger partial charge is 0.332 e. The first-order valence-corrected chi connectivity index (χ1v) is 6.31. The van der Waals surface area contributed by atoms with Crippen LogP contribution in [0, 0.1) is 6.92 Å². The molecule has 1 aliphatic heterocycles. The number of benzene rings is 1. The minimum atomic E-state index is -1.04. The Labute approximate surface area is 115 Å². The number of hydrogen-bond donors (Lipinski definition) is 2. The van der Waals surface area contributed by atoms with E-state index >= 15 is 0 Å². The van der Waals surface area contributed by atoms with Crippen LogP contribution < -0.4 is 5.32 Å². The Morgan fingerprint density at radius 3 is 2.63 bits per heavy atom. The fraction of sp³-hybridized carbons (Fsp3) is 0.385. The summed E-state index contributed by atoms with van der Waals surface area (Å²) in [7, 11) is 0. The lowest BCUT2D eigenvalue weighted by Crippen LogP contribution is -2.30. The highest BCUT2D eigenvalue weighted by Crippen LogP contribution is 2.27. The van der Waals surface area contributed by atoms with E-state index in [1.54, 1.807) is 12.1 Å². The highest BCUT2D eigenvalue weighted by Gasteiger charge is 2.34. The van der Waals surface area contributed by atoms with Gasteiger partial charge in [-0.2, -0.15) is 0 Å². The molecular formula is C13H14ClNO4. The van der Waals surface area contributed by atoms with Crippen LogP contribution in [0.2, 0.25) is 5.02 Å². The van der Waals surface area contributed by atoms with Gasteiger partial charge in [0.25, 0.3) is 5.91 Å². The first-order valence-electron chi connectivity index (χ1n) is 5.93. The van der Waals surface area contributed by atoms with Gasteiger partial charge in [0.2, 0.25) is 0 Å². The number of amides is 1. The van der Waals surface area contributed by atoms with Crippen LogP contribution in [-0.2, 0) is 14.3 Å². The van der Waals surface area contributed by atoms with Crippen LogP contribution in [0.25, 0.3) is 0 Å². The molecule has 1 aromatic carbocycles. The number of aliphatic carboxylic acids is 1. The number of anilines is 1. The van der Waals surface area contributed by atoms with E-state index in [1.807, 2.05) is 13.0 Å². The maximum atomic E-state index is 12.0. The minimum absolute atomic E-state index is 0.342. The number of halogens is 1. The van der Waals surface area contributed by atoms with Gasteiger partial charge in [0, 0.05) is 0 Å². The van der Waals surface area contributed by atoms with E-state index in [-0.39, 0.29) is 5.91 Å². The molecule has 1 saturated heterocycles. The van der Waals surface area contributed by atoms with Crippen LogP contribution in [0.4, 0.5) is 5.69 Å². The highest BCUT2D eigenvalue weighted by molar-refractivity contribution is 6.34. The molecule has 2 N–H and O–H groups in total. The average Bonchev–Trinajstić information content (AvgIpc) is 2.83.